The fraction of sp³-hybridized carbons (Fsp3) is 0.958. The van der Waals surface area contributed by atoms with Gasteiger partial charge in [-0.15, -0.1) is 0 Å². The van der Waals surface area contributed by atoms with E-state index in [9.17, 15) is 0 Å². The molecular formula is C24H45N2Pd-. The normalized spacial score (nSPS) is 28.7. The van der Waals surface area contributed by atoms with Gasteiger partial charge in [-0.25, -0.2) is 0 Å². The van der Waals surface area contributed by atoms with Gasteiger partial charge in [0.05, 0.1) is 0 Å². The topological polar surface area (TPSA) is 24.1 Å². The zero-order chi connectivity index (χ0) is 17.9. The number of hydrogen-bond acceptors (Lipinski definition) is 2. The van der Waals surface area contributed by atoms with Crippen LogP contribution in [-0.2, 0) is 20.4 Å². The van der Waals surface area contributed by atoms with Gasteiger partial charge in [0.2, 0.25) is 0 Å². The Morgan fingerprint density at radius 2 is 0.815 bits per heavy atom. The van der Waals surface area contributed by atoms with E-state index in [2.05, 4.69) is 17.1 Å². The summed E-state index contributed by atoms with van der Waals surface area (Å²) in [5.74, 6) is 0. The monoisotopic (exact) mass is 467 g/mol. The third kappa shape index (κ3) is 9.75. The fourth-order valence-corrected chi connectivity index (χ4v) is 5.57. The molecule has 4 saturated carbocycles. The minimum atomic E-state index is 0. The quantitative estimate of drug-likeness (QED) is 0.374. The molecule has 2 N–H and O–H groups in total. The molecule has 0 aromatic heterocycles. The van der Waals surface area contributed by atoms with Crippen LogP contribution in [0.15, 0.2) is 0 Å². The van der Waals surface area contributed by atoms with Gasteiger partial charge in [-0.3, -0.25) is 0 Å². The second-order valence-corrected chi connectivity index (χ2v) is 9.49. The van der Waals surface area contributed by atoms with Crippen molar-refractivity contribution >= 4 is 0 Å². The van der Waals surface area contributed by atoms with Crippen molar-refractivity contribution in [1.29, 1.82) is 0 Å². The van der Waals surface area contributed by atoms with Gasteiger partial charge in [0, 0.05) is 38.5 Å². The summed E-state index contributed by atoms with van der Waals surface area (Å²) < 4.78 is 0. The summed E-state index contributed by atoms with van der Waals surface area (Å²) in [6.07, 6.45) is 29.7. The maximum Gasteiger partial charge on any atom is 0.00696 e. The van der Waals surface area contributed by atoms with Crippen LogP contribution in [0.3, 0.4) is 0 Å². The van der Waals surface area contributed by atoms with Gasteiger partial charge < -0.3 is 17.1 Å². The second kappa shape index (κ2) is 14.5. The van der Waals surface area contributed by atoms with E-state index < -0.39 is 0 Å². The van der Waals surface area contributed by atoms with Gasteiger partial charge in [-0.05, 0) is 51.0 Å². The summed E-state index contributed by atoms with van der Waals surface area (Å²) in [5.41, 5.74) is 0. The molecule has 162 valence electrons. The molecule has 3 heteroatoms. The molecule has 0 aliphatic heterocycles. The maximum atomic E-state index is 3.86. The minimum Gasteiger partial charge on any atom is -0.327 e. The molecule has 0 radical (unpaired) electrons. The van der Waals surface area contributed by atoms with Gasteiger partial charge in [0.1, 0.15) is 0 Å². The summed E-state index contributed by atoms with van der Waals surface area (Å²) >= 11 is 0. The molecule has 0 aromatic rings. The molecule has 0 bridgehead atoms. The van der Waals surface area contributed by atoms with Gasteiger partial charge in [-0.1, -0.05) is 64.2 Å². The van der Waals surface area contributed by atoms with E-state index in [-0.39, 0.29) is 20.4 Å². The molecule has 27 heavy (non-hydrogen) atoms. The largest absolute Gasteiger partial charge is 0.327 e. The molecule has 4 aliphatic rings. The van der Waals surface area contributed by atoms with Crippen molar-refractivity contribution in [2.75, 3.05) is 0 Å². The first-order valence-electron chi connectivity index (χ1n) is 12.2. The average molecular weight is 468 g/mol. The molecule has 0 spiro atoms. The first-order chi connectivity index (χ1) is 12.9. The molecule has 0 aromatic carbocycles. The Morgan fingerprint density at radius 3 is 1.19 bits per heavy atom. The predicted molar refractivity (Wildman–Crippen MR) is 113 cm³/mol. The van der Waals surface area contributed by atoms with E-state index in [0.29, 0.717) is 0 Å². The van der Waals surface area contributed by atoms with Gasteiger partial charge in [0.25, 0.3) is 0 Å². The number of nitrogens with one attached hydrogen (secondary N) is 2. The van der Waals surface area contributed by atoms with Crippen molar-refractivity contribution in [3.63, 3.8) is 0 Å². The molecule has 0 amide bonds. The first kappa shape index (κ1) is 23.9. The van der Waals surface area contributed by atoms with Crippen LogP contribution in [-0.4, -0.2) is 24.2 Å². The molecule has 1 unspecified atom stereocenters. The Labute approximate surface area is 183 Å². The third-order valence-corrected chi connectivity index (χ3v) is 7.17. The van der Waals surface area contributed by atoms with Crippen molar-refractivity contribution in [2.24, 2.45) is 0 Å². The standard InChI is InChI=1S/C12H23N.C12H22N.Pd/c2*1-3-7-11(8-4-1)13-12-9-5-2-6-10-12;/h11-13H,1-10H2;3,11-13H,1-2,4-10H2;/q;-1;. The van der Waals surface area contributed by atoms with Crippen molar-refractivity contribution in [2.45, 2.75) is 146 Å². The van der Waals surface area contributed by atoms with Gasteiger partial charge in [0.15, 0.2) is 0 Å². The van der Waals surface area contributed by atoms with Crippen molar-refractivity contribution in [3.8, 4) is 0 Å². The molecule has 4 aliphatic carbocycles. The fourth-order valence-electron chi connectivity index (χ4n) is 5.57. The van der Waals surface area contributed by atoms with E-state index in [1.165, 1.54) is 122 Å². The summed E-state index contributed by atoms with van der Waals surface area (Å²) in [6, 6.07) is 3.41. The van der Waals surface area contributed by atoms with E-state index in [0.717, 1.165) is 24.2 Å². The molecular weight excluding hydrogens is 423 g/mol. The zero-order valence-electron chi connectivity index (χ0n) is 17.6. The van der Waals surface area contributed by atoms with Crippen molar-refractivity contribution in [1.82, 2.24) is 10.6 Å². The van der Waals surface area contributed by atoms with Crippen LogP contribution in [0.5, 0.6) is 0 Å². The number of rotatable bonds is 4. The molecule has 0 saturated heterocycles. The summed E-state index contributed by atoms with van der Waals surface area (Å²) in [4.78, 5) is 0. The molecule has 4 fully saturated rings. The Bertz CT molecular complexity index is 272. The van der Waals surface area contributed by atoms with E-state index in [4.69, 9.17) is 0 Å². The predicted octanol–water partition coefficient (Wildman–Crippen LogP) is 6.29. The number of hydrogen-bond donors (Lipinski definition) is 2. The molecule has 1 atom stereocenters. The van der Waals surface area contributed by atoms with Crippen molar-refractivity contribution < 1.29 is 20.4 Å². The SMILES string of the molecule is C1CCC(NC2CCCCC2)CC1.[CH-]1CCCC(NC2CCCCC2)C1.[Pd]. The van der Waals surface area contributed by atoms with Crippen LogP contribution < -0.4 is 10.6 Å². The minimum absolute atomic E-state index is 0. The zero-order valence-corrected chi connectivity index (χ0v) is 19.2. The summed E-state index contributed by atoms with van der Waals surface area (Å²) in [7, 11) is 0. The summed E-state index contributed by atoms with van der Waals surface area (Å²) in [6.45, 7) is 0. The molecule has 2 nitrogen and oxygen atoms in total. The van der Waals surface area contributed by atoms with Gasteiger partial charge >= 0.3 is 0 Å². The Morgan fingerprint density at radius 1 is 0.444 bits per heavy atom. The molecule has 4 rings (SSSR count). The van der Waals surface area contributed by atoms with Crippen LogP contribution in [0.1, 0.15) is 122 Å². The van der Waals surface area contributed by atoms with E-state index in [1.807, 2.05) is 0 Å². The van der Waals surface area contributed by atoms with E-state index >= 15 is 0 Å². The van der Waals surface area contributed by atoms with Crippen LogP contribution in [0.25, 0.3) is 0 Å². The Hall–Kier alpha value is 0.582. The van der Waals surface area contributed by atoms with Crippen molar-refractivity contribution in [3.05, 3.63) is 6.42 Å². The van der Waals surface area contributed by atoms with Crippen LogP contribution in [0, 0.1) is 6.42 Å². The molecule has 0 heterocycles. The van der Waals surface area contributed by atoms with E-state index in [1.54, 1.807) is 0 Å². The maximum absolute atomic E-state index is 3.86. The van der Waals surface area contributed by atoms with Gasteiger partial charge in [-0.2, -0.15) is 12.8 Å². The third-order valence-electron chi connectivity index (χ3n) is 7.17. The van der Waals surface area contributed by atoms with Crippen LogP contribution in [0.2, 0.25) is 0 Å². The van der Waals surface area contributed by atoms with Crippen LogP contribution >= 0.6 is 0 Å². The average Bonchev–Trinajstić information content (AvgIpc) is 2.72. The Balaban J connectivity index is 0.000000187. The first-order valence-corrected chi connectivity index (χ1v) is 12.2. The smallest absolute Gasteiger partial charge is 0.00696 e. The second-order valence-electron chi connectivity index (χ2n) is 9.49. The van der Waals surface area contributed by atoms with Crippen LogP contribution in [0.4, 0.5) is 0 Å². The summed E-state index contributed by atoms with van der Waals surface area (Å²) in [5, 5.41) is 7.68. The Kier molecular flexibility index (Phi) is 12.9.